The number of Topliss-reactive ketones (excluding diaryl/α,β-unsaturated/α-hetero) is 1. The zero-order chi connectivity index (χ0) is 22.7. The topological polar surface area (TPSA) is 101 Å². The van der Waals surface area contributed by atoms with Crippen molar-refractivity contribution in [2.75, 3.05) is 6.61 Å². The average Bonchev–Trinajstić information content (AvgIpc) is 3.03. The van der Waals surface area contributed by atoms with Crippen LogP contribution in [0.15, 0.2) is 0 Å². The summed E-state index contributed by atoms with van der Waals surface area (Å²) in [6.45, 7) is 5.69. The zero-order valence-electron chi connectivity index (χ0n) is 18.7. The van der Waals surface area contributed by atoms with Gasteiger partial charge >= 0.3 is 11.9 Å². The van der Waals surface area contributed by atoms with Gasteiger partial charge < -0.3 is 14.9 Å². The van der Waals surface area contributed by atoms with Crippen molar-refractivity contribution in [3.8, 4) is 0 Å². The molecule has 0 amide bonds. The Balaban J connectivity index is 1.57. The number of esters is 1. The van der Waals surface area contributed by atoms with E-state index >= 15 is 0 Å². The van der Waals surface area contributed by atoms with E-state index < -0.39 is 24.0 Å². The number of halogens is 1. The predicted molar refractivity (Wildman–Crippen MR) is 117 cm³/mol. The molecule has 0 heterocycles. The number of aliphatic carboxylic acids is 1. The molecule has 4 aliphatic rings. The summed E-state index contributed by atoms with van der Waals surface area (Å²) in [4.78, 5) is 35.6. The smallest absolute Gasteiger partial charge is 0.307 e. The van der Waals surface area contributed by atoms with Crippen molar-refractivity contribution in [3.63, 3.8) is 0 Å². The summed E-state index contributed by atoms with van der Waals surface area (Å²) in [6.07, 6.45) is 5.38. The molecule has 0 spiro atoms. The molecule has 0 aromatic rings. The van der Waals surface area contributed by atoms with Crippen molar-refractivity contribution in [2.45, 2.75) is 76.6 Å². The molecule has 10 unspecified atom stereocenters. The lowest BCUT2D eigenvalue weighted by Gasteiger charge is -2.63. The number of hydrogen-bond donors (Lipinski definition) is 2. The SMILES string of the molecule is CC(=O)OCC(=O)C1CCC2C3CC(O)C4C(Br)C(C(=O)O)CCC4(C)C3CCC12C. The van der Waals surface area contributed by atoms with Gasteiger partial charge in [0.2, 0.25) is 0 Å². The molecule has 10 atom stereocenters. The average molecular weight is 499 g/mol. The number of carbonyl (C=O) groups excluding carboxylic acids is 2. The minimum Gasteiger partial charge on any atom is -0.481 e. The molecule has 0 radical (unpaired) electrons. The third-order valence-electron chi connectivity index (χ3n) is 9.82. The van der Waals surface area contributed by atoms with E-state index in [1.807, 2.05) is 0 Å². The molecule has 4 saturated carbocycles. The van der Waals surface area contributed by atoms with Crippen LogP contribution in [0, 0.1) is 46.3 Å². The summed E-state index contributed by atoms with van der Waals surface area (Å²) in [6, 6.07) is 0. The molecule has 174 valence electrons. The minimum absolute atomic E-state index is 0.0292. The number of hydrogen-bond acceptors (Lipinski definition) is 5. The lowest BCUT2D eigenvalue weighted by atomic mass is 9.43. The molecule has 0 aromatic heterocycles. The molecule has 0 bridgehead atoms. The van der Waals surface area contributed by atoms with Gasteiger partial charge in [-0.1, -0.05) is 29.8 Å². The van der Waals surface area contributed by atoms with E-state index in [0.717, 1.165) is 32.1 Å². The van der Waals surface area contributed by atoms with E-state index in [2.05, 4.69) is 29.8 Å². The summed E-state index contributed by atoms with van der Waals surface area (Å²) in [5, 5.41) is 20.9. The van der Waals surface area contributed by atoms with E-state index in [1.54, 1.807) is 0 Å². The Morgan fingerprint density at radius 2 is 1.68 bits per heavy atom. The molecule has 4 aliphatic carbocycles. The van der Waals surface area contributed by atoms with Crippen LogP contribution in [-0.2, 0) is 19.1 Å². The van der Waals surface area contributed by atoms with Crippen molar-refractivity contribution < 1.29 is 29.3 Å². The Morgan fingerprint density at radius 1 is 1.03 bits per heavy atom. The monoisotopic (exact) mass is 498 g/mol. The van der Waals surface area contributed by atoms with Crippen LogP contribution in [0.3, 0.4) is 0 Å². The third-order valence-corrected chi connectivity index (χ3v) is 11.0. The van der Waals surface area contributed by atoms with Crippen molar-refractivity contribution in [2.24, 2.45) is 46.3 Å². The predicted octanol–water partition coefficient (Wildman–Crippen LogP) is 3.82. The number of alkyl halides is 1. The lowest BCUT2D eigenvalue weighted by molar-refractivity contribution is -0.171. The highest BCUT2D eigenvalue weighted by molar-refractivity contribution is 9.09. The lowest BCUT2D eigenvalue weighted by Crippen LogP contribution is -2.61. The summed E-state index contributed by atoms with van der Waals surface area (Å²) in [5.74, 6) is -0.612. The van der Waals surface area contributed by atoms with Crippen LogP contribution < -0.4 is 0 Å². The number of carboxylic acid groups (broad SMARTS) is 1. The Labute approximate surface area is 192 Å². The molecular formula is C24H35BrO6. The second kappa shape index (κ2) is 8.12. The normalized spacial score (nSPS) is 48.8. The third kappa shape index (κ3) is 3.58. The van der Waals surface area contributed by atoms with Gasteiger partial charge in [0, 0.05) is 23.6 Å². The number of rotatable bonds is 4. The van der Waals surface area contributed by atoms with Crippen LogP contribution in [-0.4, -0.2) is 45.5 Å². The summed E-state index contributed by atoms with van der Waals surface area (Å²) >= 11 is 3.69. The van der Waals surface area contributed by atoms with Crippen LogP contribution in [0.5, 0.6) is 0 Å². The van der Waals surface area contributed by atoms with Crippen LogP contribution in [0.1, 0.15) is 65.7 Å². The van der Waals surface area contributed by atoms with Gasteiger partial charge in [0.15, 0.2) is 5.78 Å². The highest BCUT2D eigenvalue weighted by Crippen LogP contribution is 2.68. The second-order valence-corrected chi connectivity index (χ2v) is 12.1. The first-order valence-corrected chi connectivity index (χ1v) is 12.6. The first-order valence-electron chi connectivity index (χ1n) is 11.7. The number of carbonyl (C=O) groups is 3. The van der Waals surface area contributed by atoms with Gasteiger partial charge in [-0.2, -0.15) is 0 Å². The Kier molecular flexibility index (Phi) is 6.08. The minimum atomic E-state index is -0.778. The molecule has 6 nitrogen and oxygen atoms in total. The fourth-order valence-corrected chi connectivity index (χ4v) is 9.86. The molecule has 4 rings (SSSR count). The summed E-state index contributed by atoms with van der Waals surface area (Å²) in [7, 11) is 0. The van der Waals surface area contributed by atoms with Crippen molar-refractivity contribution in [3.05, 3.63) is 0 Å². The van der Waals surface area contributed by atoms with Crippen LogP contribution in [0.2, 0.25) is 0 Å². The maximum atomic E-state index is 12.9. The van der Waals surface area contributed by atoms with Gasteiger partial charge in [-0.25, -0.2) is 0 Å². The van der Waals surface area contributed by atoms with E-state index in [0.29, 0.717) is 30.6 Å². The maximum absolute atomic E-state index is 12.9. The molecular weight excluding hydrogens is 464 g/mol. The quantitative estimate of drug-likeness (QED) is 0.451. The number of ether oxygens (including phenoxy) is 1. The van der Waals surface area contributed by atoms with E-state index in [4.69, 9.17) is 4.74 Å². The highest BCUT2D eigenvalue weighted by atomic mass is 79.9. The van der Waals surface area contributed by atoms with Gasteiger partial charge in [-0.3, -0.25) is 14.4 Å². The van der Waals surface area contributed by atoms with Crippen molar-refractivity contribution in [1.29, 1.82) is 0 Å². The standard InChI is InChI=1S/C24H35BrO6/c1-12(26)31-11-19(28)17-5-4-15-14-10-18(27)20-21(25)13(22(29)30)6-8-24(20,3)16(14)7-9-23(15,17)2/h13-18,20-21,27H,4-11H2,1-3H3,(H,29,30). The first kappa shape index (κ1) is 23.2. The molecule has 0 aliphatic heterocycles. The number of aliphatic hydroxyl groups excluding tert-OH is 1. The largest absolute Gasteiger partial charge is 0.481 e. The molecule has 7 heteroatoms. The van der Waals surface area contributed by atoms with Crippen molar-refractivity contribution in [1.82, 2.24) is 0 Å². The van der Waals surface area contributed by atoms with Gasteiger partial charge in [-0.15, -0.1) is 0 Å². The van der Waals surface area contributed by atoms with E-state index in [1.165, 1.54) is 6.92 Å². The van der Waals surface area contributed by atoms with Crippen LogP contribution in [0.25, 0.3) is 0 Å². The summed E-state index contributed by atoms with van der Waals surface area (Å²) < 4.78 is 5.01. The van der Waals surface area contributed by atoms with E-state index in [9.17, 15) is 24.6 Å². The number of ketones is 1. The number of fused-ring (bicyclic) bond motifs is 5. The molecule has 0 aromatic carbocycles. The van der Waals surface area contributed by atoms with Gasteiger partial charge in [0.25, 0.3) is 0 Å². The molecule has 4 fully saturated rings. The first-order chi connectivity index (χ1) is 14.5. The van der Waals surface area contributed by atoms with Gasteiger partial charge in [0.05, 0.1) is 12.0 Å². The van der Waals surface area contributed by atoms with Gasteiger partial charge in [-0.05, 0) is 73.5 Å². The van der Waals surface area contributed by atoms with Gasteiger partial charge in [0.1, 0.15) is 6.61 Å². The Morgan fingerprint density at radius 3 is 2.32 bits per heavy atom. The molecule has 0 saturated heterocycles. The second-order valence-electron chi connectivity index (χ2n) is 11.1. The Hall–Kier alpha value is -0.950. The van der Waals surface area contributed by atoms with Crippen LogP contribution >= 0.6 is 15.9 Å². The summed E-state index contributed by atoms with van der Waals surface area (Å²) in [5.41, 5.74) is -0.211. The fraction of sp³-hybridized carbons (Fsp3) is 0.875. The maximum Gasteiger partial charge on any atom is 0.307 e. The van der Waals surface area contributed by atoms with Crippen LogP contribution in [0.4, 0.5) is 0 Å². The number of aliphatic hydroxyl groups is 1. The van der Waals surface area contributed by atoms with Crippen molar-refractivity contribution >= 4 is 33.7 Å². The number of carboxylic acids is 1. The molecule has 2 N–H and O–H groups in total. The molecule has 31 heavy (non-hydrogen) atoms. The highest BCUT2D eigenvalue weighted by Gasteiger charge is 2.64. The fourth-order valence-electron chi connectivity index (χ4n) is 8.41. The van der Waals surface area contributed by atoms with E-state index in [-0.39, 0.29) is 39.9 Å². The zero-order valence-corrected chi connectivity index (χ0v) is 20.3. The Bertz CT molecular complexity index is 769.